The number of ether oxygens (including phenoxy) is 1. The first kappa shape index (κ1) is 24.6. The van der Waals surface area contributed by atoms with Crippen LogP contribution in [-0.2, 0) is 9.53 Å². The Balaban J connectivity index is 2.29. The van der Waals surface area contributed by atoms with Gasteiger partial charge < -0.3 is 9.84 Å². The number of hydrogen-bond acceptors (Lipinski definition) is 6. The molecular formula is C21H20Br2N2O6. The van der Waals surface area contributed by atoms with Crippen molar-refractivity contribution in [1.29, 1.82) is 0 Å². The molecule has 0 radical (unpaired) electrons. The van der Waals surface area contributed by atoms with Crippen molar-refractivity contribution in [2.75, 3.05) is 5.32 Å². The van der Waals surface area contributed by atoms with Gasteiger partial charge in [-0.2, -0.15) is 0 Å². The van der Waals surface area contributed by atoms with E-state index < -0.39 is 24.0 Å². The number of hydrogen-bond donors (Lipinski definition) is 4. The van der Waals surface area contributed by atoms with Crippen molar-refractivity contribution in [3.05, 3.63) is 68.6 Å². The number of hydroxylamine groups is 1. The van der Waals surface area contributed by atoms with Crippen LogP contribution >= 0.6 is 31.9 Å². The zero-order valence-corrected chi connectivity index (χ0v) is 19.7. The van der Waals surface area contributed by atoms with E-state index in [2.05, 4.69) is 37.2 Å². The summed E-state index contributed by atoms with van der Waals surface area (Å²) in [5, 5.41) is 21.7. The predicted molar refractivity (Wildman–Crippen MR) is 121 cm³/mol. The summed E-state index contributed by atoms with van der Waals surface area (Å²) >= 11 is 6.58. The first-order valence-corrected chi connectivity index (χ1v) is 10.6. The standard InChI is InChI=1S/C21H20Br2N2O6/c1-11(3-8-18(27)25-30)20(16-9-14(22)10-17(23)19(16)28)31-21(29)24-15-6-4-13(5-7-15)12(2)26/h3-11,20,28,30H,1-2H3,(H,24,29)(H,25,27)/b8-3+/t11-,20+/m0/s1. The molecule has 2 rings (SSSR count). The Morgan fingerprint density at radius 1 is 1.13 bits per heavy atom. The molecule has 0 bridgehead atoms. The van der Waals surface area contributed by atoms with E-state index in [9.17, 15) is 19.5 Å². The van der Waals surface area contributed by atoms with Crippen molar-refractivity contribution in [3.63, 3.8) is 0 Å². The van der Waals surface area contributed by atoms with Gasteiger partial charge in [-0.25, -0.2) is 10.3 Å². The molecule has 2 aromatic carbocycles. The lowest BCUT2D eigenvalue weighted by Crippen LogP contribution is -2.22. The summed E-state index contributed by atoms with van der Waals surface area (Å²) in [5.41, 5.74) is 2.69. The molecule has 2 atom stereocenters. The molecule has 2 aromatic rings. The molecule has 0 fully saturated rings. The van der Waals surface area contributed by atoms with Crippen LogP contribution < -0.4 is 10.8 Å². The van der Waals surface area contributed by atoms with Crippen LogP contribution in [0.4, 0.5) is 10.5 Å². The smallest absolute Gasteiger partial charge is 0.412 e. The number of amides is 2. The highest BCUT2D eigenvalue weighted by Gasteiger charge is 2.27. The Kier molecular flexibility index (Phi) is 8.78. The van der Waals surface area contributed by atoms with Gasteiger partial charge in [0.2, 0.25) is 0 Å². The maximum atomic E-state index is 12.5. The van der Waals surface area contributed by atoms with Gasteiger partial charge in [-0.15, -0.1) is 0 Å². The fourth-order valence-electron chi connectivity index (χ4n) is 2.69. The third kappa shape index (κ3) is 6.91. The van der Waals surface area contributed by atoms with Crippen LogP contribution in [0.25, 0.3) is 0 Å². The van der Waals surface area contributed by atoms with E-state index in [1.807, 2.05) is 0 Å². The molecule has 0 saturated heterocycles. The van der Waals surface area contributed by atoms with Crippen LogP contribution in [-0.4, -0.2) is 28.1 Å². The predicted octanol–water partition coefficient (Wildman–Crippen LogP) is 5.11. The maximum absolute atomic E-state index is 12.5. The van der Waals surface area contributed by atoms with Crippen molar-refractivity contribution in [1.82, 2.24) is 5.48 Å². The zero-order valence-electron chi connectivity index (χ0n) is 16.6. The lowest BCUT2D eigenvalue weighted by atomic mass is 9.96. The minimum Gasteiger partial charge on any atom is -0.506 e. The molecule has 0 aromatic heterocycles. The number of rotatable bonds is 7. The van der Waals surface area contributed by atoms with E-state index in [1.165, 1.54) is 18.5 Å². The fraction of sp³-hybridized carbons (Fsp3) is 0.190. The number of carbonyl (C=O) groups is 3. The molecule has 0 aliphatic carbocycles. The number of phenolic OH excluding ortho intramolecular Hbond substituents is 1. The fourth-order valence-corrected chi connectivity index (χ4v) is 3.94. The molecule has 0 unspecified atom stereocenters. The minimum atomic E-state index is -0.979. The van der Waals surface area contributed by atoms with Crippen LogP contribution in [0, 0.1) is 5.92 Å². The lowest BCUT2D eigenvalue weighted by molar-refractivity contribution is -0.124. The summed E-state index contributed by atoms with van der Waals surface area (Å²) in [5.74, 6) is -1.54. The molecule has 0 heterocycles. The Morgan fingerprint density at radius 2 is 1.77 bits per heavy atom. The van der Waals surface area contributed by atoms with E-state index in [-0.39, 0.29) is 11.5 Å². The first-order chi connectivity index (χ1) is 14.6. The van der Waals surface area contributed by atoms with Crippen molar-refractivity contribution in [3.8, 4) is 5.75 Å². The maximum Gasteiger partial charge on any atom is 0.412 e. The van der Waals surface area contributed by atoms with Crippen LogP contribution in [0.1, 0.15) is 35.9 Å². The van der Waals surface area contributed by atoms with E-state index in [4.69, 9.17) is 9.94 Å². The van der Waals surface area contributed by atoms with Gasteiger partial charge in [-0.05, 0) is 59.3 Å². The quantitative estimate of drug-likeness (QED) is 0.163. The number of ketones is 1. The first-order valence-electron chi connectivity index (χ1n) is 9.01. The van der Waals surface area contributed by atoms with E-state index in [0.29, 0.717) is 25.8 Å². The lowest BCUT2D eigenvalue weighted by Gasteiger charge is -2.24. The Morgan fingerprint density at radius 3 is 2.35 bits per heavy atom. The number of nitrogens with one attached hydrogen (secondary N) is 2. The number of carbonyl (C=O) groups excluding carboxylic acids is 3. The molecule has 0 aliphatic rings. The van der Waals surface area contributed by atoms with Gasteiger partial charge in [-0.1, -0.05) is 28.9 Å². The van der Waals surface area contributed by atoms with Gasteiger partial charge in [0.15, 0.2) is 5.78 Å². The average molecular weight is 556 g/mol. The van der Waals surface area contributed by atoms with Crippen molar-refractivity contribution < 1.29 is 29.4 Å². The van der Waals surface area contributed by atoms with E-state index in [1.54, 1.807) is 43.3 Å². The van der Waals surface area contributed by atoms with Gasteiger partial charge in [-0.3, -0.25) is 20.1 Å². The van der Waals surface area contributed by atoms with E-state index in [0.717, 1.165) is 6.08 Å². The monoisotopic (exact) mass is 554 g/mol. The molecular weight excluding hydrogens is 536 g/mol. The molecule has 4 N–H and O–H groups in total. The summed E-state index contributed by atoms with van der Waals surface area (Å²) in [7, 11) is 0. The normalized spacial score (nSPS) is 12.8. The Bertz CT molecular complexity index is 1010. The van der Waals surface area contributed by atoms with Crippen LogP contribution in [0.15, 0.2) is 57.5 Å². The second-order valence-electron chi connectivity index (χ2n) is 6.60. The number of Topliss-reactive ketones (excluding diaryl/α,β-unsaturated/α-hetero) is 1. The molecule has 164 valence electrons. The Labute approximate surface area is 195 Å². The molecule has 31 heavy (non-hydrogen) atoms. The highest BCUT2D eigenvalue weighted by molar-refractivity contribution is 9.11. The summed E-state index contributed by atoms with van der Waals surface area (Å²) < 4.78 is 6.59. The van der Waals surface area contributed by atoms with Crippen molar-refractivity contribution in [2.45, 2.75) is 20.0 Å². The summed E-state index contributed by atoms with van der Waals surface area (Å²) in [6, 6.07) is 9.50. The van der Waals surface area contributed by atoms with Crippen LogP contribution in [0.2, 0.25) is 0 Å². The second kappa shape index (κ2) is 11.1. The number of phenols is 1. The van der Waals surface area contributed by atoms with Crippen molar-refractivity contribution >= 4 is 55.3 Å². The van der Waals surface area contributed by atoms with Gasteiger partial charge in [0.1, 0.15) is 11.9 Å². The van der Waals surface area contributed by atoms with E-state index >= 15 is 0 Å². The molecule has 2 amide bonds. The Hall–Kier alpha value is -2.69. The largest absolute Gasteiger partial charge is 0.506 e. The second-order valence-corrected chi connectivity index (χ2v) is 8.37. The van der Waals surface area contributed by atoms with Crippen LogP contribution in [0.5, 0.6) is 5.75 Å². The average Bonchev–Trinajstić information content (AvgIpc) is 2.73. The highest BCUT2D eigenvalue weighted by Crippen LogP contribution is 2.40. The third-order valence-electron chi connectivity index (χ3n) is 4.27. The zero-order chi connectivity index (χ0) is 23.1. The molecule has 0 saturated carbocycles. The molecule has 0 spiro atoms. The van der Waals surface area contributed by atoms with Gasteiger partial charge in [0, 0.05) is 33.3 Å². The number of halogens is 2. The number of benzene rings is 2. The minimum absolute atomic E-state index is 0.0996. The summed E-state index contributed by atoms with van der Waals surface area (Å²) in [4.78, 5) is 35.3. The SMILES string of the molecule is CC(=O)c1ccc(NC(=O)O[C@@H](c2cc(Br)cc(Br)c2O)[C@@H](C)/C=C/C(=O)NO)cc1. The summed E-state index contributed by atoms with van der Waals surface area (Å²) in [6.45, 7) is 3.12. The third-order valence-corrected chi connectivity index (χ3v) is 5.34. The number of aromatic hydroxyl groups is 1. The number of anilines is 1. The van der Waals surface area contributed by atoms with Gasteiger partial charge in [0.25, 0.3) is 5.91 Å². The summed E-state index contributed by atoms with van der Waals surface area (Å²) in [6.07, 6.45) is 0.735. The van der Waals surface area contributed by atoms with Crippen LogP contribution in [0.3, 0.4) is 0 Å². The van der Waals surface area contributed by atoms with Gasteiger partial charge >= 0.3 is 6.09 Å². The molecule has 0 aliphatic heterocycles. The molecule has 10 heteroatoms. The van der Waals surface area contributed by atoms with Crippen molar-refractivity contribution in [2.24, 2.45) is 5.92 Å². The highest BCUT2D eigenvalue weighted by atomic mass is 79.9. The van der Waals surface area contributed by atoms with Gasteiger partial charge in [0.05, 0.1) is 4.47 Å². The topological polar surface area (TPSA) is 125 Å². The molecule has 8 nitrogen and oxygen atoms in total.